The third kappa shape index (κ3) is 13.7. The molecule has 4 N–H and O–H groups in total. The largest absolute Gasteiger partial charge is 0.491 e. The van der Waals surface area contributed by atoms with E-state index < -0.39 is 41.4 Å². The fourth-order valence-corrected chi connectivity index (χ4v) is 6.86. The Balaban J connectivity index is 1.14. The van der Waals surface area contributed by atoms with E-state index in [9.17, 15) is 24.3 Å². The van der Waals surface area contributed by atoms with E-state index in [1.807, 2.05) is 76.5 Å². The van der Waals surface area contributed by atoms with Gasteiger partial charge < -0.3 is 44.7 Å². The quantitative estimate of drug-likeness (QED) is 0.115. The number of aliphatic carboxylic acids is 1. The van der Waals surface area contributed by atoms with Gasteiger partial charge in [0.1, 0.15) is 31.0 Å². The highest BCUT2D eigenvalue weighted by Crippen LogP contribution is 2.29. The Morgan fingerprint density at radius 1 is 0.927 bits per heavy atom. The van der Waals surface area contributed by atoms with E-state index in [4.69, 9.17) is 24.1 Å². The van der Waals surface area contributed by atoms with Crippen LogP contribution in [0.25, 0.3) is 10.4 Å². The lowest BCUT2D eigenvalue weighted by atomic mass is 9.85. The van der Waals surface area contributed by atoms with Crippen LogP contribution in [0.1, 0.15) is 63.4 Å². The van der Waals surface area contributed by atoms with Crippen molar-refractivity contribution in [1.82, 2.24) is 20.5 Å². The van der Waals surface area contributed by atoms with Crippen molar-refractivity contribution >= 4 is 35.0 Å². The summed E-state index contributed by atoms with van der Waals surface area (Å²) in [5.74, 6) is -1.47. The van der Waals surface area contributed by atoms with Crippen LogP contribution in [-0.2, 0) is 39.8 Å². The predicted molar refractivity (Wildman–Crippen MR) is 207 cm³/mol. The number of β-amino-alcohol motifs (C(OH)–C–C–N with tert-alkyl or cyclic N) is 1. The second-order valence-corrected chi connectivity index (χ2v) is 15.4. The molecule has 0 radical (unpaired) electrons. The average Bonchev–Trinajstić information content (AvgIpc) is 3.76. The number of thiazole rings is 1. The van der Waals surface area contributed by atoms with Crippen molar-refractivity contribution in [3.8, 4) is 16.2 Å². The molecule has 1 aliphatic rings. The van der Waals surface area contributed by atoms with Crippen molar-refractivity contribution in [2.24, 2.45) is 5.41 Å². The zero-order chi connectivity index (χ0) is 40.0. The summed E-state index contributed by atoms with van der Waals surface area (Å²) in [6.45, 7) is 10.8. The molecular weight excluding hydrogens is 729 g/mol. The summed E-state index contributed by atoms with van der Waals surface area (Å²) in [6.07, 6.45) is -0.233. The number of nitrogens with one attached hydrogen (secondary N) is 2. The maximum atomic E-state index is 13.9. The van der Waals surface area contributed by atoms with Crippen LogP contribution in [0.4, 0.5) is 0 Å². The van der Waals surface area contributed by atoms with Crippen molar-refractivity contribution < 1.29 is 48.3 Å². The highest BCUT2D eigenvalue weighted by molar-refractivity contribution is 7.13. The SMILES string of the molecule is Cc1ncsc1-c1ccc([C@H](C)NC(=O)[C@@H]2C[C@@H](O)CN2C(=O)[C@@H](NC(=O)COCCOCCOCCOc2ccc(CCC(=O)O)cc2)C(C)(C)C)cc1. The molecule has 1 saturated heterocycles. The number of carbonyl (C=O) groups excluding carboxylic acids is 3. The first-order valence-corrected chi connectivity index (χ1v) is 19.4. The van der Waals surface area contributed by atoms with Crippen LogP contribution >= 0.6 is 11.3 Å². The average molecular weight is 783 g/mol. The van der Waals surface area contributed by atoms with Gasteiger partial charge in [-0.3, -0.25) is 19.2 Å². The zero-order valence-corrected chi connectivity index (χ0v) is 33.1. The lowest BCUT2D eigenvalue weighted by molar-refractivity contribution is -0.144. The summed E-state index contributed by atoms with van der Waals surface area (Å²) in [6, 6.07) is 13.0. The van der Waals surface area contributed by atoms with E-state index in [1.54, 1.807) is 23.5 Å². The van der Waals surface area contributed by atoms with Gasteiger partial charge in [0.25, 0.3) is 0 Å². The highest BCUT2D eigenvalue weighted by Gasteiger charge is 2.44. The van der Waals surface area contributed by atoms with Gasteiger partial charge in [-0.05, 0) is 54.5 Å². The standard InChI is InChI=1S/C40H54N4O10S/c1-26(29-9-11-30(12-10-29)36-27(2)41-25-55-36)42-38(49)33-22-31(45)23-44(33)39(50)37(40(3,4)5)43-34(46)24-53-19-18-51-16-17-52-20-21-54-32-13-6-28(7-14-32)8-15-35(47)48/h6-7,9-14,25-26,31,33,37,45H,8,15-24H2,1-5H3,(H,42,49)(H,43,46)(H,47,48)/t26-,31+,33-,37+/m0/s1. The minimum Gasteiger partial charge on any atom is -0.491 e. The zero-order valence-electron chi connectivity index (χ0n) is 32.2. The number of aryl methyl sites for hydroxylation is 2. The van der Waals surface area contributed by atoms with Gasteiger partial charge in [0.2, 0.25) is 17.7 Å². The Morgan fingerprint density at radius 3 is 2.16 bits per heavy atom. The number of hydrogen-bond donors (Lipinski definition) is 4. The number of carboxylic acid groups (broad SMARTS) is 1. The number of hydrogen-bond acceptors (Lipinski definition) is 11. The third-order valence-electron chi connectivity index (χ3n) is 9.08. The fourth-order valence-electron chi connectivity index (χ4n) is 6.04. The number of carboxylic acids is 1. The molecule has 1 aromatic heterocycles. The molecule has 2 aromatic carbocycles. The molecule has 15 heteroatoms. The number of nitrogens with zero attached hydrogens (tertiary/aromatic N) is 2. The first kappa shape index (κ1) is 43.3. The predicted octanol–water partition coefficient (Wildman–Crippen LogP) is 3.93. The van der Waals surface area contributed by atoms with Crippen molar-refractivity contribution in [2.45, 2.75) is 78.1 Å². The normalized spacial score (nSPS) is 16.7. The van der Waals surface area contributed by atoms with Gasteiger partial charge in [-0.25, -0.2) is 4.98 Å². The Labute approximate surface area is 326 Å². The van der Waals surface area contributed by atoms with Gasteiger partial charge in [0.05, 0.1) is 61.3 Å². The smallest absolute Gasteiger partial charge is 0.303 e. The first-order valence-electron chi connectivity index (χ1n) is 18.5. The van der Waals surface area contributed by atoms with Crippen LogP contribution in [-0.4, -0.2) is 115 Å². The summed E-state index contributed by atoms with van der Waals surface area (Å²) in [4.78, 5) is 57.8. The summed E-state index contributed by atoms with van der Waals surface area (Å²) in [5, 5.41) is 25.1. The minimum absolute atomic E-state index is 0.0212. The molecule has 14 nitrogen and oxygen atoms in total. The van der Waals surface area contributed by atoms with Gasteiger partial charge in [-0.15, -0.1) is 11.3 Å². The van der Waals surface area contributed by atoms with Crippen molar-refractivity contribution in [1.29, 1.82) is 0 Å². The summed E-state index contributed by atoms with van der Waals surface area (Å²) in [5.41, 5.74) is 4.94. The van der Waals surface area contributed by atoms with Gasteiger partial charge >= 0.3 is 5.97 Å². The Kier molecular flexibility index (Phi) is 16.6. The number of benzene rings is 2. The lowest BCUT2D eigenvalue weighted by Crippen LogP contribution is -2.58. The second kappa shape index (κ2) is 21.0. The van der Waals surface area contributed by atoms with Crippen LogP contribution in [0.15, 0.2) is 54.0 Å². The summed E-state index contributed by atoms with van der Waals surface area (Å²) < 4.78 is 22.1. The van der Waals surface area contributed by atoms with Gasteiger partial charge in [-0.2, -0.15) is 0 Å². The summed E-state index contributed by atoms with van der Waals surface area (Å²) in [7, 11) is 0. The van der Waals surface area contributed by atoms with Crippen LogP contribution in [0, 0.1) is 12.3 Å². The van der Waals surface area contributed by atoms with Gasteiger partial charge in [0, 0.05) is 19.4 Å². The molecule has 0 saturated carbocycles. The number of aliphatic hydroxyl groups is 1. The molecule has 0 unspecified atom stereocenters. The third-order valence-corrected chi connectivity index (χ3v) is 10.1. The topological polar surface area (TPSA) is 186 Å². The molecule has 0 spiro atoms. The van der Waals surface area contributed by atoms with Crippen molar-refractivity contribution in [3.63, 3.8) is 0 Å². The maximum Gasteiger partial charge on any atom is 0.303 e. The number of likely N-dealkylation sites (tertiary alicyclic amines) is 1. The van der Waals surface area contributed by atoms with Crippen LogP contribution in [0.2, 0.25) is 0 Å². The first-order chi connectivity index (χ1) is 26.2. The molecule has 4 rings (SSSR count). The molecule has 1 aliphatic heterocycles. The molecule has 3 aromatic rings. The van der Waals surface area contributed by atoms with E-state index in [0.29, 0.717) is 38.6 Å². The fraction of sp³-hybridized carbons (Fsp3) is 0.525. The Morgan fingerprint density at radius 2 is 1.56 bits per heavy atom. The number of amides is 3. The molecular formula is C40H54N4O10S. The van der Waals surface area contributed by atoms with Gasteiger partial charge in [-0.1, -0.05) is 57.2 Å². The van der Waals surface area contributed by atoms with Crippen LogP contribution in [0.3, 0.4) is 0 Å². The molecule has 2 heterocycles. The molecule has 3 amide bonds. The number of ether oxygens (including phenoxy) is 4. The number of carbonyl (C=O) groups is 4. The lowest BCUT2D eigenvalue weighted by Gasteiger charge is -2.35. The molecule has 0 aliphatic carbocycles. The minimum atomic E-state index is -0.968. The maximum absolute atomic E-state index is 13.9. The van der Waals surface area contributed by atoms with Crippen LogP contribution < -0.4 is 15.4 Å². The molecule has 300 valence electrons. The highest BCUT2D eigenvalue weighted by atomic mass is 32.1. The number of aliphatic hydroxyl groups excluding tert-OH is 1. The number of rotatable bonds is 21. The van der Waals surface area contributed by atoms with E-state index in [0.717, 1.165) is 27.3 Å². The summed E-state index contributed by atoms with van der Waals surface area (Å²) >= 11 is 1.57. The van der Waals surface area contributed by atoms with Crippen molar-refractivity contribution in [3.05, 3.63) is 70.9 Å². The molecule has 4 atom stereocenters. The molecule has 0 bridgehead atoms. The molecule has 1 fully saturated rings. The van der Waals surface area contributed by atoms with Gasteiger partial charge in [0.15, 0.2) is 0 Å². The Hall–Kier alpha value is -4.41. The second-order valence-electron chi connectivity index (χ2n) is 14.5. The van der Waals surface area contributed by atoms with E-state index in [1.165, 1.54) is 4.90 Å². The van der Waals surface area contributed by atoms with Crippen LogP contribution in [0.5, 0.6) is 5.75 Å². The van der Waals surface area contributed by atoms with E-state index in [-0.39, 0.29) is 51.2 Å². The van der Waals surface area contributed by atoms with E-state index >= 15 is 0 Å². The Bertz CT molecular complexity index is 1690. The molecule has 55 heavy (non-hydrogen) atoms. The van der Waals surface area contributed by atoms with Crippen molar-refractivity contribution in [2.75, 3.05) is 52.8 Å². The number of aromatic nitrogens is 1. The monoisotopic (exact) mass is 782 g/mol. The van der Waals surface area contributed by atoms with E-state index in [2.05, 4.69) is 15.6 Å².